The van der Waals surface area contributed by atoms with Gasteiger partial charge < -0.3 is 10.2 Å². The summed E-state index contributed by atoms with van der Waals surface area (Å²) >= 11 is 0. The molecule has 3 rings (SSSR count). The van der Waals surface area contributed by atoms with E-state index in [1.165, 1.54) is 6.07 Å². The van der Waals surface area contributed by atoms with Gasteiger partial charge in [-0.1, -0.05) is 6.07 Å². The van der Waals surface area contributed by atoms with E-state index in [2.05, 4.69) is 10.3 Å². The second-order valence-corrected chi connectivity index (χ2v) is 6.46. The van der Waals surface area contributed by atoms with Crippen molar-refractivity contribution in [3.63, 3.8) is 0 Å². The van der Waals surface area contributed by atoms with Crippen LogP contribution >= 0.6 is 0 Å². The maximum atomic E-state index is 12.6. The van der Waals surface area contributed by atoms with Crippen LogP contribution in [0, 0.1) is 10.1 Å². The number of piperidine rings is 1. The van der Waals surface area contributed by atoms with Crippen molar-refractivity contribution in [3.05, 3.63) is 64.0 Å². The van der Waals surface area contributed by atoms with E-state index >= 15 is 0 Å². The van der Waals surface area contributed by atoms with Gasteiger partial charge in [0.05, 0.1) is 16.7 Å². The summed E-state index contributed by atoms with van der Waals surface area (Å²) in [7, 11) is 0. The Labute approximate surface area is 152 Å². The normalized spacial score (nSPS) is 15.3. The Balaban J connectivity index is 1.82. The van der Waals surface area contributed by atoms with Crippen molar-refractivity contribution in [1.82, 2.24) is 9.88 Å². The third kappa shape index (κ3) is 3.99. The number of hydrogen-bond acceptors (Lipinski definition) is 5. The van der Waals surface area contributed by atoms with Crippen molar-refractivity contribution in [2.24, 2.45) is 0 Å². The largest absolute Gasteiger partial charge is 0.371 e. The van der Waals surface area contributed by atoms with Gasteiger partial charge in [0.15, 0.2) is 0 Å². The monoisotopic (exact) mass is 354 g/mol. The van der Waals surface area contributed by atoms with Gasteiger partial charge in [0.2, 0.25) is 0 Å². The zero-order valence-electron chi connectivity index (χ0n) is 14.7. The van der Waals surface area contributed by atoms with Crippen LogP contribution in [0.4, 0.5) is 11.4 Å². The van der Waals surface area contributed by atoms with Crippen LogP contribution in [-0.2, 0) is 0 Å². The van der Waals surface area contributed by atoms with E-state index in [0.717, 1.165) is 25.0 Å². The van der Waals surface area contributed by atoms with Crippen LogP contribution in [0.2, 0.25) is 0 Å². The zero-order valence-corrected chi connectivity index (χ0v) is 14.7. The maximum Gasteiger partial charge on any atom is 0.293 e. The van der Waals surface area contributed by atoms with E-state index in [1.807, 2.05) is 25.1 Å². The summed E-state index contributed by atoms with van der Waals surface area (Å²) in [6.07, 6.45) is 4.77. The predicted molar refractivity (Wildman–Crippen MR) is 99.1 cm³/mol. The molecule has 1 amide bonds. The Morgan fingerprint density at radius 2 is 2.00 bits per heavy atom. The van der Waals surface area contributed by atoms with Crippen molar-refractivity contribution in [1.29, 1.82) is 0 Å². The number of aromatic nitrogens is 1. The number of pyridine rings is 1. The first-order valence-electron chi connectivity index (χ1n) is 8.81. The highest BCUT2D eigenvalue weighted by molar-refractivity contribution is 5.95. The second-order valence-electron chi connectivity index (χ2n) is 6.46. The van der Waals surface area contributed by atoms with Crippen molar-refractivity contribution < 1.29 is 9.72 Å². The maximum absolute atomic E-state index is 12.6. The summed E-state index contributed by atoms with van der Waals surface area (Å²) in [5.74, 6) is -0.142. The number of hydrogen-bond donors (Lipinski definition) is 1. The first-order valence-corrected chi connectivity index (χ1v) is 8.81. The Morgan fingerprint density at radius 1 is 1.23 bits per heavy atom. The van der Waals surface area contributed by atoms with Crippen LogP contribution in [0.5, 0.6) is 0 Å². The van der Waals surface area contributed by atoms with Gasteiger partial charge in [0.1, 0.15) is 5.69 Å². The Hall–Kier alpha value is -2.96. The Bertz CT molecular complexity index is 789. The summed E-state index contributed by atoms with van der Waals surface area (Å²) < 4.78 is 0. The summed E-state index contributed by atoms with van der Waals surface area (Å²) in [6, 6.07) is 9.97. The molecule has 0 unspecified atom stereocenters. The summed E-state index contributed by atoms with van der Waals surface area (Å²) in [6.45, 7) is 3.31. The predicted octanol–water partition coefficient (Wildman–Crippen LogP) is 3.79. The molecule has 26 heavy (non-hydrogen) atoms. The number of nitrogens with zero attached hydrogens (tertiary/aromatic N) is 3. The molecular formula is C19H22N4O3. The molecule has 0 bridgehead atoms. The van der Waals surface area contributed by atoms with Gasteiger partial charge in [-0.25, -0.2) is 0 Å². The van der Waals surface area contributed by atoms with Gasteiger partial charge in [0, 0.05) is 30.9 Å². The average Bonchev–Trinajstić information content (AvgIpc) is 2.69. The van der Waals surface area contributed by atoms with Crippen LogP contribution in [0.25, 0.3) is 0 Å². The SMILES string of the molecule is C[C@@H](Nc1ccc(C(=O)N2CCCCC2)cc1[N+](=O)[O-])c1ccccn1. The molecule has 1 saturated heterocycles. The minimum atomic E-state index is -0.458. The molecule has 0 radical (unpaired) electrons. The summed E-state index contributed by atoms with van der Waals surface area (Å²) in [4.78, 5) is 29.7. The van der Waals surface area contributed by atoms with E-state index in [9.17, 15) is 14.9 Å². The highest BCUT2D eigenvalue weighted by Gasteiger charge is 2.23. The number of likely N-dealkylation sites (tertiary alicyclic amines) is 1. The van der Waals surface area contributed by atoms with Gasteiger partial charge in [-0.15, -0.1) is 0 Å². The van der Waals surface area contributed by atoms with Crippen LogP contribution in [0.3, 0.4) is 0 Å². The number of amides is 1. The third-order valence-electron chi connectivity index (χ3n) is 4.59. The van der Waals surface area contributed by atoms with Gasteiger partial charge in [-0.05, 0) is 50.5 Å². The number of nitrogens with one attached hydrogen (secondary N) is 1. The first kappa shape index (κ1) is 17.8. The molecule has 1 N–H and O–H groups in total. The smallest absolute Gasteiger partial charge is 0.293 e. The number of carbonyl (C=O) groups excluding carboxylic acids is 1. The van der Waals surface area contributed by atoms with Crippen LogP contribution < -0.4 is 5.32 Å². The van der Waals surface area contributed by atoms with Gasteiger partial charge >= 0.3 is 0 Å². The molecule has 0 aliphatic carbocycles. The van der Waals surface area contributed by atoms with Crippen LogP contribution in [-0.4, -0.2) is 33.8 Å². The highest BCUT2D eigenvalue weighted by Crippen LogP contribution is 2.29. The molecule has 0 saturated carbocycles. The number of nitro groups is 1. The number of carbonyl (C=O) groups is 1. The standard InChI is InChI=1S/C19H22N4O3/c1-14(16-7-3-4-10-20-16)21-17-9-8-15(13-18(17)23(25)26)19(24)22-11-5-2-6-12-22/h3-4,7-10,13-14,21H,2,5-6,11-12H2,1H3/t14-/m1/s1. The topological polar surface area (TPSA) is 88.4 Å². The highest BCUT2D eigenvalue weighted by atomic mass is 16.6. The fourth-order valence-electron chi connectivity index (χ4n) is 3.16. The fraction of sp³-hybridized carbons (Fsp3) is 0.368. The number of rotatable bonds is 5. The molecule has 1 aromatic heterocycles. The Morgan fingerprint density at radius 3 is 2.65 bits per heavy atom. The van der Waals surface area contributed by atoms with Crippen molar-refractivity contribution in [2.75, 3.05) is 18.4 Å². The minimum absolute atomic E-state index is 0.101. The lowest BCUT2D eigenvalue weighted by molar-refractivity contribution is -0.384. The van der Waals surface area contributed by atoms with E-state index < -0.39 is 4.92 Å². The van der Waals surface area contributed by atoms with E-state index in [1.54, 1.807) is 23.2 Å². The molecule has 1 aromatic carbocycles. The summed E-state index contributed by atoms with van der Waals surface area (Å²) in [5.41, 5.74) is 1.42. The van der Waals surface area contributed by atoms with Gasteiger partial charge in [-0.3, -0.25) is 19.9 Å². The van der Waals surface area contributed by atoms with E-state index in [4.69, 9.17) is 0 Å². The lowest BCUT2D eigenvalue weighted by Crippen LogP contribution is -2.35. The molecule has 1 aliphatic rings. The van der Waals surface area contributed by atoms with Crippen molar-refractivity contribution in [2.45, 2.75) is 32.2 Å². The van der Waals surface area contributed by atoms with Gasteiger partial charge in [-0.2, -0.15) is 0 Å². The zero-order chi connectivity index (χ0) is 18.5. The van der Waals surface area contributed by atoms with Crippen LogP contribution in [0.1, 0.15) is 48.3 Å². The van der Waals surface area contributed by atoms with Crippen LogP contribution in [0.15, 0.2) is 42.6 Å². The Kier molecular flexibility index (Phi) is 5.46. The van der Waals surface area contributed by atoms with Crippen molar-refractivity contribution >= 4 is 17.3 Å². The second kappa shape index (κ2) is 7.95. The molecule has 1 atom stereocenters. The van der Waals surface area contributed by atoms with E-state index in [0.29, 0.717) is 24.3 Å². The number of nitro benzene ring substituents is 1. The lowest BCUT2D eigenvalue weighted by Gasteiger charge is -2.26. The molecule has 1 fully saturated rings. The fourth-order valence-corrected chi connectivity index (χ4v) is 3.16. The molecular weight excluding hydrogens is 332 g/mol. The molecule has 2 aromatic rings. The number of benzene rings is 1. The molecule has 7 heteroatoms. The minimum Gasteiger partial charge on any atom is -0.371 e. The quantitative estimate of drug-likeness (QED) is 0.652. The summed E-state index contributed by atoms with van der Waals surface area (Å²) in [5, 5.41) is 14.6. The molecule has 1 aliphatic heterocycles. The third-order valence-corrected chi connectivity index (χ3v) is 4.59. The number of anilines is 1. The lowest BCUT2D eigenvalue weighted by atomic mass is 10.1. The van der Waals surface area contributed by atoms with Gasteiger partial charge in [0.25, 0.3) is 11.6 Å². The molecule has 136 valence electrons. The average molecular weight is 354 g/mol. The molecule has 7 nitrogen and oxygen atoms in total. The van der Waals surface area contributed by atoms with E-state index in [-0.39, 0.29) is 17.6 Å². The molecule has 0 spiro atoms. The molecule has 2 heterocycles. The van der Waals surface area contributed by atoms with Crippen molar-refractivity contribution in [3.8, 4) is 0 Å². The first-order chi connectivity index (χ1) is 12.6.